The Morgan fingerprint density at radius 3 is 2.20 bits per heavy atom. The molecule has 192 valence electrons. The van der Waals surface area contributed by atoms with Crippen LogP contribution >= 0.6 is 11.6 Å². The van der Waals surface area contributed by atoms with Gasteiger partial charge in [-0.1, -0.05) is 23.7 Å². The van der Waals surface area contributed by atoms with Gasteiger partial charge in [0.15, 0.2) is 0 Å². The molecule has 1 atom stereocenters. The average molecular weight is 527 g/mol. The minimum absolute atomic E-state index is 0.0252. The smallest absolute Gasteiger partial charge is 0.304 e. The summed E-state index contributed by atoms with van der Waals surface area (Å²) in [5, 5.41) is 3.31. The first-order valence-electron chi connectivity index (χ1n) is 10.9. The number of carbonyl (C=O) groups excluding carboxylic acids is 2. The number of nitrogens with one attached hydrogen (secondary N) is 1. The van der Waals surface area contributed by atoms with Crippen molar-refractivity contribution >= 4 is 39.3 Å². The monoisotopic (exact) mass is 526 g/mol. The molecule has 0 bridgehead atoms. The second kappa shape index (κ2) is 11.4. The highest BCUT2D eigenvalue weighted by molar-refractivity contribution is 7.90. The van der Waals surface area contributed by atoms with Crippen LogP contribution in [-0.2, 0) is 26.3 Å². The molecule has 8 nitrogen and oxygen atoms in total. The van der Waals surface area contributed by atoms with Crippen LogP contribution in [0, 0.1) is 5.82 Å². The molecule has 2 amide bonds. The van der Waals surface area contributed by atoms with Crippen LogP contribution in [0.15, 0.2) is 48.5 Å². The number of nitrogens with zero attached hydrogens (tertiary/aromatic N) is 3. The zero-order valence-corrected chi connectivity index (χ0v) is 22.3. The van der Waals surface area contributed by atoms with Gasteiger partial charge in [-0.3, -0.25) is 9.59 Å². The van der Waals surface area contributed by atoms with Gasteiger partial charge in [-0.25, -0.2) is 8.70 Å². The third-order valence-corrected chi connectivity index (χ3v) is 7.10. The Balaban J connectivity index is 2.46. The lowest BCUT2D eigenvalue weighted by Gasteiger charge is -2.34. The molecule has 0 aliphatic rings. The molecule has 35 heavy (non-hydrogen) atoms. The molecule has 0 saturated heterocycles. The van der Waals surface area contributed by atoms with Crippen LogP contribution in [0.5, 0.6) is 0 Å². The fraction of sp³-hybridized carbons (Fsp3) is 0.417. The first kappa shape index (κ1) is 28.5. The molecule has 2 aromatic rings. The molecule has 0 heterocycles. The van der Waals surface area contributed by atoms with Crippen molar-refractivity contribution in [2.75, 3.05) is 24.9 Å². The van der Waals surface area contributed by atoms with Crippen molar-refractivity contribution in [3.8, 4) is 0 Å². The molecule has 1 N–H and O–H groups in total. The van der Waals surface area contributed by atoms with E-state index in [4.69, 9.17) is 11.6 Å². The van der Waals surface area contributed by atoms with Crippen molar-refractivity contribution in [1.82, 2.24) is 14.5 Å². The highest BCUT2D eigenvalue weighted by atomic mass is 35.5. The Morgan fingerprint density at radius 1 is 1.09 bits per heavy atom. The summed E-state index contributed by atoms with van der Waals surface area (Å²) in [6, 6.07) is 10.7. The number of amides is 2. The third kappa shape index (κ3) is 7.91. The maximum Gasteiger partial charge on any atom is 0.304 e. The zero-order chi connectivity index (χ0) is 26.6. The maximum absolute atomic E-state index is 13.6. The summed E-state index contributed by atoms with van der Waals surface area (Å²) >= 11 is 6.10. The summed E-state index contributed by atoms with van der Waals surface area (Å²) in [5.41, 5.74) is 0.248. The van der Waals surface area contributed by atoms with Crippen molar-refractivity contribution in [3.05, 3.63) is 64.9 Å². The van der Waals surface area contributed by atoms with E-state index >= 15 is 0 Å². The normalized spacial score (nSPS) is 12.8. The Labute approximate surface area is 211 Å². The van der Waals surface area contributed by atoms with Crippen LogP contribution in [0.4, 0.5) is 10.1 Å². The van der Waals surface area contributed by atoms with Crippen LogP contribution in [0.2, 0.25) is 5.02 Å². The lowest BCUT2D eigenvalue weighted by Crippen LogP contribution is -2.54. The number of hydrogen-bond acceptors (Lipinski definition) is 4. The molecule has 11 heteroatoms. The fourth-order valence-corrected chi connectivity index (χ4v) is 4.48. The van der Waals surface area contributed by atoms with Crippen molar-refractivity contribution in [2.24, 2.45) is 0 Å². The van der Waals surface area contributed by atoms with E-state index in [-0.39, 0.29) is 12.2 Å². The number of carbonyl (C=O) groups is 2. The lowest BCUT2D eigenvalue weighted by atomic mass is 10.1. The van der Waals surface area contributed by atoms with Crippen LogP contribution < -0.4 is 9.62 Å². The van der Waals surface area contributed by atoms with Crippen LogP contribution in [0.1, 0.15) is 33.3 Å². The second-order valence-electron chi connectivity index (χ2n) is 9.34. The number of hydrogen-bond donors (Lipinski definition) is 1. The van der Waals surface area contributed by atoms with Gasteiger partial charge in [0.25, 0.3) is 0 Å². The number of anilines is 1. The van der Waals surface area contributed by atoms with Gasteiger partial charge in [0.2, 0.25) is 11.8 Å². The summed E-state index contributed by atoms with van der Waals surface area (Å²) in [7, 11) is -1.45. The molecule has 0 aliphatic heterocycles. The van der Waals surface area contributed by atoms with E-state index < -0.39 is 46.0 Å². The van der Waals surface area contributed by atoms with Crippen LogP contribution in [0.25, 0.3) is 0 Å². The zero-order valence-electron chi connectivity index (χ0n) is 20.7. The molecule has 1 unspecified atom stereocenters. The van der Waals surface area contributed by atoms with Crippen LogP contribution in [0.3, 0.4) is 0 Å². The molecule has 0 saturated carbocycles. The predicted octanol–water partition coefficient (Wildman–Crippen LogP) is 3.42. The summed E-state index contributed by atoms with van der Waals surface area (Å²) in [4.78, 5) is 27.8. The van der Waals surface area contributed by atoms with E-state index in [2.05, 4.69) is 5.32 Å². The van der Waals surface area contributed by atoms with E-state index in [1.54, 1.807) is 31.2 Å². The second-order valence-corrected chi connectivity index (χ2v) is 11.8. The predicted molar refractivity (Wildman–Crippen MR) is 136 cm³/mol. The van der Waals surface area contributed by atoms with E-state index in [0.717, 1.165) is 20.7 Å². The maximum atomic E-state index is 13.6. The SMILES string of the molecule is CC(C(=O)NC(C)(C)C)N(Cc1cccc(Cl)c1)C(=O)CN(c1ccc(F)cc1)S(=O)(=O)N(C)C. The van der Waals surface area contributed by atoms with Gasteiger partial charge in [-0.2, -0.15) is 12.7 Å². The van der Waals surface area contributed by atoms with Gasteiger partial charge in [-0.15, -0.1) is 0 Å². The minimum atomic E-state index is -4.11. The van der Waals surface area contributed by atoms with E-state index in [1.807, 2.05) is 20.8 Å². The highest BCUT2D eigenvalue weighted by Crippen LogP contribution is 2.22. The summed E-state index contributed by atoms with van der Waals surface area (Å²) < 4.78 is 41.5. The van der Waals surface area contributed by atoms with Gasteiger partial charge in [0, 0.05) is 31.2 Å². The van der Waals surface area contributed by atoms with E-state index in [9.17, 15) is 22.4 Å². The van der Waals surface area contributed by atoms with E-state index in [0.29, 0.717) is 10.6 Å². The molecule has 2 aromatic carbocycles. The van der Waals surface area contributed by atoms with Gasteiger partial charge >= 0.3 is 10.2 Å². The molecule has 0 radical (unpaired) electrons. The van der Waals surface area contributed by atoms with Crippen molar-refractivity contribution in [3.63, 3.8) is 0 Å². The van der Waals surface area contributed by atoms with E-state index in [1.165, 1.54) is 31.1 Å². The largest absolute Gasteiger partial charge is 0.350 e. The third-order valence-electron chi connectivity index (χ3n) is 5.04. The number of benzene rings is 2. The van der Waals surface area contributed by atoms with Crippen molar-refractivity contribution in [1.29, 1.82) is 0 Å². The lowest BCUT2D eigenvalue weighted by molar-refractivity contribution is -0.140. The van der Waals surface area contributed by atoms with Crippen molar-refractivity contribution in [2.45, 2.75) is 45.8 Å². The molecule has 0 aliphatic carbocycles. The fourth-order valence-electron chi connectivity index (χ4n) is 3.21. The molecule has 0 aromatic heterocycles. The Morgan fingerprint density at radius 2 is 1.69 bits per heavy atom. The van der Waals surface area contributed by atoms with Gasteiger partial charge < -0.3 is 10.2 Å². The van der Waals surface area contributed by atoms with Gasteiger partial charge in [0.1, 0.15) is 18.4 Å². The first-order valence-corrected chi connectivity index (χ1v) is 12.7. The first-order chi connectivity index (χ1) is 16.1. The summed E-state index contributed by atoms with van der Waals surface area (Å²) in [6.45, 7) is 6.46. The van der Waals surface area contributed by atoms with Crippen LogP contribution in [-0.4, -0.2) is 61.7 Å². The number of rotatable bonds is 9. The quantitative estimate of drug-likeness (QED) is 0.542. The Bertz CT molecular complexity index is 1150. The number of halogens is 2. The molecule has 2 rings (SSSR count). The molecular formula is C24H32ClFN4O4S. The topological polar surface area (TPSA) is 90.0 Å². The standard InChI is InChI=1S/C24H32ClFN4O4S/c1-17(23(32)27-24(2,3)4)29(15-18-8-7-9-19(25)14-18)22(31)16-30(35(33,34)28(5)6)21-12-10-20(26)11-13-21/h7-14,17H,15-16H2,1-6H3,(H,27,32). The van der Waals surface area contributed by atoms with Crippen molar-refractivity contribution < 1.29 is 22.4 Å². The molecular weight excluding hydrogens is 495 g/mol. The molecule has 0 spiro atoms. The minimum Gasteiger partial charge on any atom is -0.350 e. The Hall–Kier alpha value is -2.69. The van der Waals surface area contributed by atoms with Gasteiger partial charge in [-0.05, 0) is 69.7 Å². The Kier molecular flexibility index (Phi) is 9.27. The summed E-state index contributed by atoms with van der Waals surface area (Å²) in [5.74, 6) is -1.55. The highest BCUT2D eigenvalue weighted by Gasteiger charge is 2.33. The molecule has 0 fully saturated rings. The van der Waals surface area contributed by atoms with Gasteiger partial charge in [0.05, 0.1) is 5.69 Å². The summed E-state index contributed by atoms with van der Waals surface area (Å²) in [6.07, 6.45) is 0. The average Bonchev–Trinajstić information content (AvgIpc) is 2.74.